The highest BCUT2D eigenvalue weighted by Crippen LogP contribution is 2.40. The number of carbonyl (C=O) groups is 2. The van der Waals surface area contributed by atoms with Gasteiger partial charge in [-0.25, -0.2) is 0 Å². The Labute approximate surface area is 116 Å². The average molecular weight is 272 g/mol. The van der Waals surface area contributed by atoms with E-state index in [-0.39, 0.29) is 36.5 Å². The lowest BCUT2D eigenvalue weighted by Crippen LogP contribution is -2.39. The van der Waals surface area contributed by atoms with Crippen molar-refractivity contribution in [2.75, 3.05) is 13.2 Å². The van der Waals surface area contributed by atoms with Gasteiger partial charge in [0.15, 0.2) is 0 Å². The van der Waals surface area contributed by atoms with Crippen molar-refractivity contribution >= 4 is 11.9 Å². The van der Waals surface area contributed by atoms with Crippen LogP contribution in [0, 0.1) is 16.7 Å². The predicted molar refractivity (Wildman–Crippen MR) is 74.6 cm³/mol. The van der Waals surface area contributed by atoms with Crippen molar-refractivity contribution in [3.05, 3.63) is 0 Å². The molecule has 0 saturated carbocycles. The topological polar surface area (TPSA) is 52.6 Å². The third-order valence-corrected chi connectivity index (χ3v) is 3.26. The lowest BCUT2D eigenvalue weighted by Gasteiger charge is -2.36. The first-order valence-corrected chi connectivity index (χ1v) is 6.79. The molecule has 0 amide bonds. The molecule has 0 aliphatic heterocycles. The minimum absolute atomic E-state index is 0.0495. The average Bonchev–Trinajstić information content (AvgIpc) is 2.20. The Hall–Kier alpha value is -1.06. The van der Waals surface area contributed by atoms with Crippen LogP contribution in [-0.4, -0.2) is 25.2 Å². The molecule has 0 bridgehead atoms. The maximum atomic E-state index is 12.3. The van der Waals surface area contributed by atoms with E-state index in [4.69, 9.17) is 9.47 Å². The van der Waals surface area contributed by atoms with Gasteiger partial charge < -0.3 is 9.47 Å². The van der Waals surface area contributed by atoms with Gasteiger partial charge in [0.25, 0.3) is 0 Å². The van der Waals surface area contributed by atoms with Gasteiger partial charge in [0.05, 0.1) is 5.41 Å². The highest BCUT2D eigenvalue weighted by atomic mass is 16.6. The van der Waals surface area contributed by atoms with E-state index in [1.54, 1.807) is 0 Å². The van der Waals surface area contributed by atoms with E-state index in [1.165, 1.54) is 6.92 Å². The lowest BCUT2D eigenvalue weighted by molar-refractivity contribution is -0.163. The van der Waals surface area contributed by atoms with Gasteiger partial charge in [-0.3, -0.25) is 9.59 Å². The van der Waals surface area contributed by atoms with Gasteiger partial charge in [0.1, 0.15) is 13.2 Å². The fourth-order valence-electron chi connectivity index (χ4n) is 2.10. The monoisotopic (exact) mass is 272 g/mol. The number of ether oxygens (including phenoxy) is 2. The van der Waals surface area contributed by atoms with Crippen molar-refractivity contribution in [3.63, 3.8) is 0 Å². The van der Waals surface area contributed by atoms with E-state index in [0.717, 1.165) is 6.42 Å². The molecule has 0 saturated heterocycles. The Kier molecular flexibility index (Phi) is 6.53. The van der Waals surface area contributed by atoms with Crippen LogP contribution < -0.4 is 0 Å². The Morgan fingerprint density at radius 2 is 1.47 bits per heavy atom. The molecule has 0 aromatic carbocycles. The highest BCUT2D eigenvalue weighted by Gasteiger charge is 2.41. The molecule has 1 atom stereocenters. The second-order valence-corrected chi connectivity index (χ2v) is 6.79. The molecule has 0 rings (SSSR count). The van der Waals surface area contributed by atoms with Crippen LogP contribution in [0.15, 0.2) is 0 Å². The predicted octanol–water partition coefficient (Wildman–Crippen LogP) is 3.19. The van der Waals surface area contributed by atoms with E-state index < -0.39 is 5.41 Å². The summed E-state index contributed by atoms with van der Waals surface area (Å²) in [4.78, 5) is 22.9. The third-order valence-electron chi connectivity index (χ3n) is 3.26. The quantitative estimate of drug-likeness (QED) is 0.550. The number of esters is 2. The molecule has 112 valence electrons. The molecule has 0 spiro atoms. The largest absolute Gasteiger partial charge is 0.462 e. The Balaban J connectivity index is 4.54. The van der Waals surface area contributed by atoms with E-state index in [2.05, 4.69) is 20.8 Å². The third kappa shape index (κ3) is 6.60. The van der Waals surface area contributed by atoms with E-state index >= 15 is 0 Å². The van der Waals surface area contributed by atoms with Gasteiger partial charge in [0, 0.05) is 6.92 Å². The molecule has 0 heterocycles. The second kappa shape index (κ2) is 6.92. The van der Waals surface area contributed by atoms with Gasteiger partial charge in [-0.15, -0.1) is 0 Å². The first-order valence-electron chi connectivity index (χ1n) is 6.79. The van der Waals surface area contributed by atoms with Gasteiger partial charge in [0.2, 0.25) is 0 Å². The van der Waals surface area contributed by atoms with Crippen LogP contribution in [0.3, 0.4) is 0 Å². The van der Waals surface area contributed by atoms with Crippen LogP contribution in [0.2, 0.25) is 0 Å². The van der Waals surface area contributed by atoms with Gasteiger partial charge in [-0.05, 0) is 24.7 Å². The van der Waals surface area contributed by atoms with Crippen LogP contribution in [0.4, 0.5) is 0 Å². The zero-order valence-corrected chi connectivity index (χ0v) is 13.3. The van der Waals surface area contributed by atoms with Crippen LogP contribution in [0.5, 0.6) is 0 Å². The second-order valence-electron chi connectivity index (χ2n) is 6.79. The van der Waals surface area contributed by atoms with E-state index in [9.17, 15) is 9.59 Å². The molecular formula is C15H28O4. The minimum atomic E-state index is -0.519. The van der Waals surface area contributed by atoms with Crippen molar-refractivity contribution in [2.24, 2.45) is 16.7 Å². The Bertz CT molecular complexity index is 315. The van der Waals surface area contributed by atoms with E-state index in [1.807, 2.05) is 20.8 Å². The summed E-state index contributed by atoms with van der Waals surface area (Å²) < 4.78 is 10.00. The van der Waals surface area contributed by atoms with E-state index in [0.29, 0.717) is 0 Å². The number of hydrogen-bond acceptors (Lipinski definition) is 4. The molecule has 19 heavy (non-hydrogen) atoms. The molecule has 0 aliphatic carbocycles. The smallest absolute Gasteiger partial charge is 0.312 e. The summed E-state index contributed by atoms with van der Waals surface area (Å²) in [5, 5.41) is 0. The summed E-state index contributed by atoms with van der Waals surface area (Å²) >= 11 is 0. The van der Waals surface area contributed by atoms with Crippen molar-refractivity contribution in [1.29, 1.82) is 0 Å². The zero-order chi connectivity index (χ0) is 15.3. The summed E-state index contributed by atoms with van der Waals surface area (Å²) in [5.74, 6) is -0.394. The minimum Gasteiger partial charge on any atom is -0.462 e. The molecule has 0 aromatic rings. The fraction of sp³-hybridized carbons (Fsp3) is 0.867. The Morgan fingerprint density at radius 3 is 1.84 bits per heavy atom. The van der Waals surface area contributed by atoms with Crippen LogP contribution in [0.25, 0.3) is 0 Å². The molecule has 4 heteroatoms. The Morgan fingerprint density at radius 1 is 1.00 bits per heavy atom. The standard InChI is InChI=1S/C15H28O4/c1-11(2)15(7,10-14(4,5)6)13(17)19-9-8-18-12(3)16/h11H,8-10H2,1-7H3. The number of rotatable bonds is 6. The summed E-state index contributed by atoms with van der Waals surface area (Å²) in [5.41, 5.74) is -0.470. The molecule has 1 unspecified atom stereocenters. The first-order chi connectivity index (χ1) is 8.49. The van der Waals surface area contributed by atoms with Crippen molar-refractivity contribution in [1.82, 2.24) is 0 Å². The maximum absolute atomic E-state index is 12.3. The summed E-state index contributed by atoms with van der Waals surface area (Å²) in [6.07, 6.45) is 0.754. The fourth-order valence-corrected chi connectivity index (χ4v) is 2.10. The molecule has 0 aliphatic rings. The van der Waals surface area contributed by atoms with Gasteiger partial charge in [-0.2, -0.15) is 0 Å². The summed E-state index contributed by atoms with van der Waals surface area (Å²) in [7, 11) is 0. The van der Waals surface area contributed by atoms with Crippen molar-refractivity contribution < 1.29 is 19.1 Å². The normalized spacial score (nSPS) is 14.9. The van der Waals surface area contributed by atoms with Gasteiger partial charge >= 0.3 is 11.9 Å². The van der Waals surface area contributed by atoms with Crippen LogP contribution in [0.1, 0.15) is 54.9 Å². The van der Waals surface area contributed by atoms with Crippen LogP contribution >= 0.6 is 0 Å². The molecule has 0 fully saturated rings. The lowest BCUT2D eigenvalue weighted by atomic mass is 9.69. The summed E-state index contributed by atoms with van der Waals surface area (Å²) in [6.45, 7) is 13.9. The van der Waals surface area contributed by atoms with Crippen molar-refractivity contribution in [3.8, 4) is 0 Å². The number of hydrogen-bond donors (Lipinski definition) is 0. The zero-order valence-electron chi connectivity index (χ0n) is 13.3. The first kappa shape index (κ1) is 17.9. The highest BCUT2D eigenvalue weighted by molar-refractivity contribution is 5.76. The van der Waals surface area contributed by atoms with Crippen LogP contribution in [-0.2, 0) is 19.1 Å². The SMILES string of the molecule is CC(=O)OCCOC(=O)C(C)(CC(C)(C)C)C(C)C. The van der Waals surface area contributed by atoms with Crippen molar-refractivity contribution in [2.45, 2.75) is 54.9 Å². The molecule has 0 N–H and O–H groups in total. The molecule has 0 aromatic heterocycles. The molecule has 0 radical (unpaired) electrons. The number of carbonyl (C=O) groups excluding carboxylic acids is 2. The molecular weight excluding hydrogens is 244 g/mol. The van der Waals surface area contributed by atoms with Gasteiger partial charge in [-0.1, -0.05) is 34.6 Å². The summed E-state index contributed by atoms with van der Waals surface area (Å²) in [6, 6.07) is 0. The molecule has 4 nitrogen and oxygen atoms in total. The maximum Gasteiger partial charge on any atom is 0.312 e.